The first kappa shape index (κ1) is 20.6. The lowest BCUT2D eigenvalue weighted by Gasteiger charge is -2.31. The lowest BCUT2D eigenvalue weighted by molar-refractivity contribution is -0.139. The van der Waals surface area contributed by atoms with Gasteiger partial charge in [-0.15, -0.1) is 12.4 Å². The minimum absolute atomic E-state index is 0. The van der Waals surface area contributed by atoms with Crippen LogP contribution in [0.4, 0.5) is 13.2 Å². The monoisotopic (exact) mass is 366 g/mol. The largest absolute Gasteiger partial charge is 0.491 e. The van der Waals surface area contributed by atoms with Gasteiger partial charge in [0.05, 0.1) is 17.6 Å². The fourth-order valence-electron chi connectivity index (χ4n) is 2.74. The molecule has 0 atom stereocenters. The summed E-state index contributed by atoms with van der Waals surface area (Å²) in [5.74, 6) is -0.501. The van der Waals surface area contributed by atoms with Crippen molar-refractivity contribution in [1.29, 1.82) is 0 Å². The fraction of sp³-hybridized carbons (Fsp3) is 0.562. The Morgan fingerprint density at radius 3 is 2.46 bits per heavy atom. The molecule has 0 bridgehead atoms. The zero-order chi connectivity index (χ0) is 16.9. The van der Waals surface area contributed by atoms with Crippen molar-refractivity contribution in [1.82, 2.24) is 5.32 Å². The molecular formula is C16H22ClF3N2O2. The Hall–Kier alpha value is -1.47. The molecule has 1 amide bonds. The number of rotatable bonds is 5. The quantitative estimate of drug-likeness (QED) is 0.786. The second-order valence-corrected chi connectivity index (χ2v) is 5.82. The Labute approximate surface area is 145 Å². The summed E-state index contributed by atoms with van der Waals surface area (Å²) in [5.41, 5.74) is 4.39. The molecule has 1 aliphatic rings. The summed E-state index contributed by atoms with van der Waals surface area (Å²) < 4.78 is 43.6. The lowest BCUT2D eigenvalue weighted by atomic mass is 9.82. The molecule has 24 heavy (non-hydrogen) atoms. The van der Waals surface area contributed by atoms with E-state index >= 15 is 0 Å². The van der Waals surface area contributed by atoms with Crippen LogP contribution in [0.3, 0.4) is 0 Å². The smallest absolute Gasteiger partial charge is 0.419 e. The molecule has 1 aliphatic carbocycles. The molecule has 0 unspecified atom stereocenters. The van der Waals surface area contributed by atoms with Gasteiger partial charge in [0.25, 0.3) is 0 Å². The minimum atomic E-state index is -4.47. The highest BCUT2D eigenvalue weighted by Gasteiger charge is 2.35. The number of hydrogen-bond acceptors (Lipinski definition) is 3. The van der Waals surface area contributed by atoms with Crippen molar-refractivity contribution in [2.24, 2.45) is 5.73 Å². The molecule has 0 aromatic heterocycles. The second-order valence-electron chi connectivity index (χ2n) is 5.82. The summed E-state index contributed by atoms with van der Waals surface area (Å²) in [6.07, 6.45) is -0.293. The van der Waals surface area contributed by atoms with Gasteiger partial charge in [-0.2, -0.15) is 13.2 Å². The van der Waals surface area contributed by atoms with Crippen molar-refractivity contribution < 1.29 is 22.7 Å². The van der Waals surface area contributed by atoms with E-state index < -0.39 is 17.3 Å². The van der Waals surface area contributed by atoms with E-state index in [0.717, 1.165) is 25.3 Å². The average Bonchev–Trinajstić information content (AvgIpc) is 2.51. The van der Waals surface area contributed by atoms with Crippen LogP contribution in [0.1, 0.15) is 37.7 Å². The summed E-state index contributed by atoms with van der Waals surface area (Å²) in [4.78, 5) is 12.1. The highest BCUT2D eigenvalue weighted by Crippen LogP contribution is 2.35. The maximum Gasteiger partial charge on any atom is 0.419 e. The molecular weight excluding hydrogens is 345 g/mol. The summed E-state index contributed by atoms with van der Waals surface area (Å²) in [6.45, 7) is 0.0683. The Bertz CT molecular complexity index is 546. The number of nitrogens with two attached hydrogens (primary N) is 1. The zero-order valence-electron chi connectivity index (χ0n) is 13.2. The van der Waals surface area contributed by atoms with Crippen molar-refractivity contribution in [2.45, 2.75) is 43.8 Å². The van der Waals surface area contributed by atoms with Crippen molar-refractivity contribution in [3.05, 3.63) is 29.8 Å². The van der Waals surface area contributed by atoms with Gasteiger partial charge >= 0.3 is 6.18 Å². The van der Waals surface area contributed by atoms with Gasteiger partial charge in [-0.3, -0.25) is 4.79 Å². The van der Waals surface area contributed by atoms with Gasteiger partial charge in [0.15, 0.2) is 0 Å². The fourth-order valence-corrected chi connectivity index (χ4v) is 2.74. The van der Waals surface area contributed by atoms with E-state index in [1.165, 1.54) is 18.2 Å². The highest BCUT2D eigenvalue weighted by atomic mass is 35.5. The Morgan fingerprint density at radius 2 is 1.83 bits per heavy atom. The zero-order valence-corrected chi connectivity index (χ0v) is 14.0. The number of hydrogen-bond donors (Lipinski definition) is 2. The van der Waals surface area contributed by atoms with Crippen molar-refractivity contribution in [2.75, 3.05) is 13.2 Å². The van der Waals surface area contributed by atoms with E-state index in [1.807, 2.05) is 0 Å². The van der Waals surface area contributed by atoms with E-state index in [1.54, 1.807) is 0 Å². The molecule has 0 heterocycles. The van der Waals surface area contributed by atoms with Crippen molar-refractivity contribution in [3.8, 4) is 5.75 Å². The van der Waals surface area contributed by atoms with Crippen LogP contribution in [0.25, 0.3) is 0 Å². The third kappa shape index (κ3) is 5.27. The molecule has 0 aliphatic heterocycles. The molecule has 3 N–H and O–H groups in total. The van der Waals surface area contributed by atoms with E-state index in [0.29, 0.717) is 12.8 Å². The summed E-state index contributed by atoms with van der Waals surface area (Å²) in [5, 5.41) is 2.65. The van der Waals surface area contributed by atoms with E-state index in [4.69, 9.17) is 10.5 Å². The number of ether oxygens (including phenoxy) is 1. The number of halogens is 4. The van der Waals surface area contributed by atoms with Crippen LogP contribution >= 0.6 is 12.4 Å². The molecule has 0 saturated heterocycles. The van der Waals surface area contributed by atoms with Crippen molar-refractivity contribution >= 4 is 18.3 Å². The van der Waals surface area contributed by atoms with Crippen LogP contribution in [0.15, 0.2) is 24.3 Å². The Balaban J connectivity index is 0.00000288. The number of benzene rings is 1. The van der Waals surface area contributed by atoms with Gasteiger partial charge in [-0.05, 0) is 25.0 Å². The number of para-hydroxylation sites is 1. The Kier molecular flexibility index (Phi) is 7.35. The first-order valence-corrected chi connectivity index (χ1v) is 7.69. The van der Waals surface area contributed by atoms with Crippen LogP contribution in [0.5, 0.6) is 5.75 Å². The predicted octanol–water partition coefficient (Wildman–Crippen LogP) is 3.28. The summed E-state index contributed by atoms with van der Waals surface area (Å²) in [7, 11) is 0. The van der Waals surface area contributed by atoms with Crippen LogP contribution in [0, 0.1) is 0 Å². The molecule has 8 heteroatoms. The minimum Gasteiger partial charge on any atom is -0.491 e. The molecule has 2 rings (SSSR count). The number of carbonyl (C=O) groups excluding carboxylic acids is 1. The lowest BCUT2D eigenvalue weighted by Crippen LogP contribution is -2.55. The molecule has 1 saturated carbocycles. The number of carbonyl (C=O) groups is 1. The molecule has 0 radical (unpaired) electrons. The van der Waals surface area contributed by atoms with Crippen LogP contribution in [-0.2, 0) is 11.0 Å². The van der Waals surface area contributed by atoms with Crippen LogP contribution in [0.2, 0.25) is 0 Å². The predicted molar refractivity (Wildman–Crippen MR) is 87.2 cm³/mol. The highest BCUT2D eigenvalue weighted by molar-refractivity contribution is 5.86. The summed E-state index contributed by atoms with van der Waals surface area (Å²) >= 11 is 0. The van der Waals surface area contributed by atoms with E-state index in [-0.39, 0.29) is 37.2 Å². The SMILES string of the molecule is Cl.NC1(C(=O)NCCOc2ccccc2C(F)(F)F)CCCCC1. The summed E-state index contributed by atoms with van der Waals surface area (Å²) in [6, 6.07) is 5.00. The van der Waals surface area contributed by atoms with E-state index in [2.05, 4.69) is 5.32 Å². The second kappa shape index (κ2) is 8.58. The molecule has 0 spiro atoms. The average molecular weight is 367 g/mol. The topological polar surface area (TPSA) is 64.4 Å². The van der Waals surface area contributed by atoms with Gasteiger partial charge in [0.1, 0.15) is 12.4 Å². The number of alkyl halides is 3. The molecule has 4 nitrogen and oxygen atoms in total. The maximum atomic E-state index is 12.8. The van der Waals surface area contributed by atoms with Crippen LogP contribution in [-0.4, -0.2) is 24.6 Å². The molecule has 136 valence electrons. The first-order chi connectivity index (χ1) is 10.8. The Morgan fingerprint density at radius 1 is 1.21 bits per heavy atom. The van der Waals surface area contributed by atoms with Gasteiger partial charge in [0, 0.05) is 0 Å². The standard InChI is InChI=1S/C16H21F3N2O2.ClH/c17-16(18,19)12-6-2-3-7-13(12)23-11-10-21-14(22)15(20)8-4-1-5-9-15;/h2-3,6-7H,1,4-5,8-11,20H2,(H,21,22);1H. The third-order valence-electron chi connectivity index (χ3n) is 4.04. The maximum absolute atomic E-state index is 12.8. The number of amides is 1. The molecule has 1 aromatic carbocycles. The third-order valence-corrected chi connectivity index (χ3v) is 4.04. The molecule has 1 aromatic rings. The first-order valence-electron chi connectivity index (χ1n) is 7.69. The van der Waals surface area contributed by atoms with E-state index in [9.17, 15) is 18.0 Å². The van der Waals surface area contributed by atoms with Gasteiger partial charge in [-0.1, -0.05) is 31.4 Å². The van der Waals surface area contributed by atoms with Gasteiger partial charge in [0.2, 0.25) is 5.91 Å². The van der Waals surface area contributed by atoms with Crippen LogP contribution < -0.4 is 15.8 Å². The normalized spacial score (nSPS) is 16.8. The number of nitrogens with one attached hydrogen (secondary N) is 1. The van der Waals surface area contributed by atoms with Gasteiger partial charge in [-0.25, -0.2) is 0 Å². The van der Waals surface area contributed by atoms with Gasteiger partial charge < -0.3 is 15.8 Å². The van der Waals surface area contributed by atoms with Crippen molar-refractivity contribution in [3.63, 3.8) is 0 Å². The molecule has 1 fully saturated rings.